The van der Waals surface area contributed by atoms with Crippen molar-refractivity contribution < 1.29 is 4.74 Å². The normalized spacial score (nSPS) is 11.4. The van der Waals surface area contributed by atoms with E-state index in [0.717, 1.165) is 36.6 Å². The molecule has 2 aromatic rings. The Hall–Kier alpha value is -2.57. The van der Waals surface area contributed by atoms with E-state index in [2.05, 4.69) is 34.1 Å². The number of aryl methyl sites for hydroxylation is 1. The Balaban J connectivity index is 1.98. The molecule has 0 aromatic carbocycles. The van der Waals surface area contributed by atoms with Crippen LogP contribution in [-0.4, -0.2) is 45.8 Å². The van der Waals surface area contributed by atoms with Gasteiger partial charge in [-0.3, -0.25) is 4.68 Å². The van der Waals surface area contributed by atoms with Crippen LogP contribution in [0.5, 0.6) is 5.88 Å². The summed E-state index contributed by atoms with van der Waals surface area (Å²) in [4.78, 5) is 11.1. The van der Waals surface area contributed by atoms with Gasteiger partial charge in [0, 0.05) is 51.2 Å². The van der Waals surface area contributed by atoms with E-state index in [4.69, 9.17) is 9.73 Å². The first kappa shape index (κ1) is 18.8. The number of hydrogen-bond acceptors (Lipinski definition) is 4. The lowest BCUT2D eigenvalue weighted by atomic mass is 10.3. The summed E-state index contributed by atoms with van der Waals surface area (Å²) >= 11 is 0. The summed E-state index contributed by atoms with van der Waals surface area (Å²) < 4.78 is 7.31. The molecule has 0 saturated carbocycles. The van der Waals surface area contributed by atoms with Crippen molar-refractivity contribution >= 4 is 5.96 Å². The highest BCUT2D eigenvalue weighted by atomic mass is 16.5. The first-order valence-electron chi connectivity index (χ1n) is 8.67. The molecule has 2 aromatic heterocycles. The van der Waals surface area contributed by atoms with Crippen molar-refractivity contribution in [3.8, 4) is 5.88 Å². The largest absolute Gasteiger partial charge is 0.478 e. The summed E-state index contributed by atoms with van der Waals surface area (Å²) in [6.45, 7) is 6.97. The van der Waals surface area contributed by atoms with Crippen molar-refractivity contribution in [2.75, 3.05) is 20.2 Å². The molecule has 136 valence electrons. The van der Waals surface area contributed by atoms with Gasteiger partial charge in [-0.05, 0) is 18.9 Å². The quantitative estimate of drug-likeness (QED) is 0.587. The Kier molecular flexibility index (Phi) is 7.25. The number of hydrogen-bond donors (Lipinski definition) is 1. The highest BCUT2D eigenvalue weighted by Crippen LogP contribution is 2.09. The molecule has 7 heteroatoms. The standard InChI is InChI=1S/C18H28N6O/c1-5-9-25-17-8-7-15(10-20-17)11-21-18(19-6-2)23(3)13-16-12-22-24(4)14-16/h7-8,10,12,14H,5-6,9,11,13H2,1-4H3,(H,19,21). The van der Waals surface area contributed by atoms with Crippen molar-refractivity contribution in [3.63, 3.8) is 0 Å². The van der Waals surface area contributed by atoms with Gasteiger partial charge in [-0.1, -0.05) is 13.0 Å². The van der Waals surface area contributed by atoms with Gasteiger partial charge in [0.2, 0.25) is 5.88 Å². The van der Waals surface area contributed by atoms with Crippen LogP contribution in [0.1, 0.15) is 31.4 Å². The van der Waals surface area contributed by atoms with Crippen LogP contribution in [0.3, 0.4) is 0 Å². The van der Waals surface area contributed by atoms with Crippen LogP contribution >= 0.6 is 0 Å². The van der Waals surface area contributed by atoms with E-state index in [1.54, 1.807) is 4.68 Å². The summed E-state index contributed by atoms with van der Waals surface area (Å²) in [5.41, 5.74) is 2.20. The number of aliphatic imine (C=N–C) groups is 1. The maximum absolute atomic E-state index is 5.51. The number of pyridine rings is 1. The van der Waals surface area contributed by atoms with E-state index in [9.17, 15) is 0 Å². The SMILES string of the molecule is CCCOc1ccc(CN=C(NCC)N(C)Cc2cnn(C)c2)cn1. The average Bonchev–Trinajstić information content (AvgIpc) is 3.02. The molecule has 2 rings (SSSR count). The van der Waals surface area contributed by atoms with E-state index in [1.807, 2.05) is 44.8 Å². The van der Waals surface area contributed by atoms with Crippen molar-refractivity contribution in [3.05, 3.63) is 41.9 Å². The molecule has 0 spiro atoms. The van der Waals surface area contributed by atoms with Crippen LogP contribution < -0.4 is 10.1 Å². The van der Waals surface area contributed by atoms with Crippen LogP contribution in [0, 0.1) is 0 Å². The fourth-order valence-electron chi connectivity index (χ4n) is 2.33. The maximum Gasteiger partial charge on any atom is 0.213 e. The third-order valence-corrected chi connectivity index (χ3v) is 3.54. The Morgan fingerprint density at radius 1 is 1.28 bits per heavy atom. The first-order chi connectivity index (χ1) is 12.1. The Bertz CT molecular complexity index is 664. The van der Waals surface area contributed by atoms with Crippen LogP contribution in [0.4, 0.5) is 0 Å². The number of nitrogens with one attached hydrogen (secondary N) is 1. The number of guanidine groups is 1. The molecule has 0 aliphatic heterocycles. The Morgan fingerprint density at radius 3 is 2.72 bits per heavy atom. The average molecular weight is 344 g/mol. The summed E-state index contributed by atoms with van der Waals surface area (Å²) in [7, 11) is 3.94. The van der Waals surface area contributed by atoms with E-state index in [1.165, 1.54) is 0 Å². The lowest BCUT2D eigenvalue weighted by molar-refractivity contribution is 0.305. The molecule has 0 radical (unpaired) electrons. The number of ether oxygens (including phenoxy) is 1. The zero-order valence-corrected chi connectivity index (χ0v) is 15.6. The predicted molar refractivity (Wildman–Crippen MR) is 99.5 cm³/mol. The lowest BCUT2D eigenvalue weighted by Gasteiger charge is -2.21. The third kappa shape index (κ3) is 6.10. The zero-order valence-electron chi connectivity index (χ0n) is 15.6. The minimum absolute atomic E-state index is 0.570. The van der Waals surface area contributed by atoms with Gasteiger partial charge in [0.1, 0.15) is 0 Å². The summed E-state index contributed by atoms with van der Waals surface area (Å²) in [5.74, 6) is 1.52. The second kappa shape index (κ2) is 9.66. The maximum atomic E-state index is 5.51. The minimum Gasteiger partial charge on any atom is -0.478 e. The van der Waals surface area contributed by atoms with Gasteiger partial charge in [-0.25, -0.2) is 9.98 Å². The molecule has 0 aliphatic rings. The zero-order chi connectivity index (χ0) is 18.1. The van der Waals surface area contributed by atoms with Gasteiger partial charge in [-0.15, -0.1) is 0 Å². The molecule has 0 aliphatic carbocycles. The van der Waals surface area contributed by atoms with Crippen molar-refractivity contribution in [1.29, 1.82) is 0 Å². The second-order valence-electron chi connectivity index (χ2n) is 5.90. The molecule has 0 bridgehead atoms. The molecular formula is C18H28N6O. The van der Waals surface area contributed by atoms with Gasteiger partial charge < -0.3 is 15.0 Å². The Morgan fingerprint density at radius 2 is 2.12 bits per heavy atom. The molecule has 0 unspecified atom stereocenters. The molecule has 25 heavy (non-hydrogen) atoms. The predicted octanol–water partition coefficient (Wildman–Crippen LogP) is 2.20. The minimum atomic E-state index is 0.570. The fourth-order valence-corrected chi connectivity index (χ4v) is 2.33. The lowest BCUT2D eigenvalue weighted by Crippen LogP contribution is -2.38. The topological polar surface area (TPSA) is 67.6 Å². The molecular weight excluding hydrogens is 316 g/mol. The van der Waals surface area contributed by atoms with Gasteiger partial charge >= 0.3 is 0 Å². The summed E-state index contributed by atoms with van der Waals surface area (Å²) in [6.07, 6.45) is 6.68. The molecule has 0 amide bonds. The molecule has 2 heterocycles. The highest BCUT2D eigenvalue weighted by Gasteiger charge is 2.08. The van der Waals surface area contributed by atoms with Crippen molar-refractivity contribution in [2.24, 2.45) is 12.0 Å². The van der Waals surface area contributed by atoms with Crippen molar-refractivity contribution in [2.45, 2.75) is 33.4 Å². The first-order valence-corrected chi connectivity index (χ1v) is 8.67. The number of aromatic nitrogens is 3. The van der Waals surface area contributed by atoms with Gasteiger partial charge in [-0.2, -0.15) is 5.10 Å². The molecule has 0 atom stereocenters. The summed E-state index contributed by atoms with van der Waals surface area (Å²) in [6, 6.07) is 3.90. The highest BCUT2D eigenvalue weighted by molar-refractivity contribution is 5.79. The molecule has 1 N–H and O–H groups in total. The fraction of sp³-hybridized carbons (Fsp3) is 0.500. The van der Waals surface area contributed by atoms with Crippen LogP contribution in [-0.2, 0) is 20.1 Å². The number of nitrogens with zero attached hydrogens (tertiary/aromatic N) is 5. The van der Waals surface area contributed by atoms with E-state index in [-0.39, 0.29) is 0 Å². The van der Waals surface area contributed by atoms with Crippen LogP contribution in [0.2, 0.25) is 0 Å². The molecule has 0 fully saturated rings. The van der Waals surface area contributed by atoms with Gasteiger partial charge in [0.25, 0.3) is 0 Å². The van der Waals surface area contributed by atoms with E-state index >= 15 is 0 Å². The monoisotopic (exact) mass is 344 g/mol. The van der Waals surface area contributed by atoms with Crippen LogP contribution in [0.15, 0.2) is 35.7 Å². The van der Waals surface area contributed by atoms with Gasteiger partial charge in [0.05, 0.1) is 19.3 Å². The second-order valence-corrected chi connectivity index (χ2v) is 5.90. The van der Waals surface area contributed by atoms with E-state index < -0.39 is 0 Å². The third-order valence-electron chi connectivity index (χ3n) is 3.54. The summed E-state index contributed by atoms with van der Waals surface area (Å²) in [5, 5.41) is 7.53. The van der Waals surface area contributed by atoms with Gasteiger partial charge in [0.15, 0.2) is 5.96 Å². The van der Waals surface area contributed by atoms with E-state index in [0.29, 0.717) is 19.0 Å². The van der Waals surface area contributed by atoms with Crippen LogP contribution in [0.25, 0.3) is 0 Å². The number of rotatable bonds is 8. The van der Waals surface area contributed by atoms with Crippen molar-refractivity contribution in [1.82, 2.24) is 25.0 Å². The Labute approximate surface area is 149 Å². The smallest absolute Gasteiger partial charge is 0.213 e. The molecule has 7 nitrogen and oxygen atoms in total. The molecule has 0 saturated heterocycles.